The second-order valence-corrected chi connectivity index (χ2v) is 9.04. The summed E-state index contributed by atoms with van der Waals surface area (Å²) in [6, 6.07) is 16.9. The first kappa shape index (κ1) is 21.9. The van der Waals surface area contributed by atoms with E-state index in [9.17, 15) is 19.8 Å². The van der Waals surface area contributed by atoms with Gasteiger partial charge in [-0.2, -0.15) is 0 Å². The molecule has 1 aliphatic heterocycles. The highest BCUT2D eigenvalue weighted by Crippen LogP contribution is 2.44. The fourth-order valence-corrected chi connectivity index (χ4v) is 5.16. The number of phenolic OH excluding ortho intramolecular Hbond substituents is 1. The van der Waals surface area contributed by atoms with Gasteiger partial charge in [0, 0.05) is 10.6 Å². The molecule has 4 aromatic rings. The number of halogens is 1. The van der Waals surface area contributed by atoms with Crippen LogP contribution in [0, 0.1) is 0 Å². The fourth-order valence-electron chi connectivity index (χ4n) is 3.90. The molecule has 2 heterocycles. The quantitative estimate of drug-likeness (QED) is 0.228. The molecule has 1 aliphatic rings. The molecule has 1 amide bonds. The van der Waals surface area contributed by atoms with Crippen LogP contribution < -0.4 is 9.64 Å². The normalized spacial score (nSPS) is 17.5. The molecule has 1 fully saturated rings. The number of Topliss-reactive ketones (excluding diaryl/α,β-unsaturated/α-hetero) is 1. The Bertz CT molecular complexity index is 1460. The second kappa shape index (κ2) is 8.48. The summed E-state index contributed by atoms with van der Waals surface area (Å²) in [5, 5.41) is 21.7. The summed E-state index contributed by atoms with van der Waals surface area (Å²) < 4.78 is 5.91. The van der Waals surface area contributed by atoms with Crippen molar-refractivity contribution >= 4 is 55.7 Å². The fraction of sp³-hybridized carbons (Fsp3) is 0.0800. The van der Waals surface area contributed by atoms with E-state index in [1.807, 2.05) is 0 Å². The van der Waals surface area contributed by atoms with Crippen molar-refractivity contribution in [2.45, 2.75) is 6.04 Å². The van der Waals surface area contributed by atoms with E-state index < -0.39 is 17.7 Å². The average Bonchev–Trinajstić information content (AvgIpc) is 3.37. The maximum Gasteiger partial charge on any atom is 0.301 e. The van der Waals surface area contributed by atoms with Crippen LogP contribution in [-0.2, 0) is 9.59 Å². The Hall–Kier alpha value is -3.88. The Morgan fingerprint density at radius 2 is 1.76 bits per heavy atom. The maximum atomic E-state index is 13.2. The number of ether oxygens (including phenoxy) is 1. The summed E-state index contributed by atoms with van der Waals surface area (Å²) in [5.41, 5.74) is 1.45. The first-order chi connectivity index (χ1) is 16.4. The number of aliphatic hydroxyl groups is 1. The molecule has 2 N–H and O–H groups in total. The number of nitrogens with zero attached hydrogens (tertiary/aromatic N) is 2. The first-order valence-corrected chi connectivity index (χ1v) is 11.4. The number of carbonyl (C=O) groups is 2. The standard InChI is InChI=1S/C25H17ClN2O5S/c1-33-17-9-4-14(5-10-17)22(30)20-21(13-2-7-16(29)8-3-13)28(24(32)23(20)31)25-27-18-11-6-15(26)12-19(18)34-25/h2-12,21,29-30H,1H3. The van der Waals surface area contributed by atoms with Gasteiger partial charge in [0.2, 0.25) is 0 Å². The van der Waals surface area contributed by atoms with E-state index in [2.05, 4.69) is 4.98 Å². The number of hydrogen-bond acceptors (Lipinski definition) is 7. The molecule has 170 valence electrons. The number of amides is 1. The van der Waals surface area contributed by atoms with Gasteiger partial charge in [0.15, 0.2) is 5.13 Å². The van der Waals surface area contributed by atoms with Gasteiger partial charge in [0.25, 0.3) is 5.78 Å². The van der Waals surface area contributed by atoms with Crippen LogP contribution in [0.15, 0.2) is 72.3 Å². The SMILES string of the molecule is COc1ccc(C(O)=C2C(=O)C(=O)N(c3nc4ccc(Cl)cc4s3)C2c2ccc(O)cc2)cc1. The number of aromatic nitrogens is 1. The number of fused-ring (bicyclic) bond motifs is 1. The molecule has 1 atom stereocenters. The number of hydrogen-bond donors (Lipinski definition) is 2. The minimum atomic E-state index is -0.946. The number of rotatable bonds is 4. The summed E-state index contributed by atoms with van der Waals surface area (Å²) in [5.74, 6) is -1.33. The molecule has 0 radical (unpaired) electrons. The van der Waals surface area contributed by atoms with Gasteiger partial charge in [0.1, 0.15) is 17.3 Å². The molecule has 1 saturated heterocycles. The predicted molar refractivity (Wildman–Crippen MR) is 131 cm³/mol. The number of anilines is 1. The summed E-state index contributed by atoms with van der Waals surface area (Å²) in [6.45, 7) is 0. The molecular weight excluding hydrogens is 476 g/mol. The third-order valence-electron chi connectivity index (χ3n) is 5.56. The second-order valence-electron chi connectivity index (χ2n) is 7.60. The summed E-state index contributed by atoms with van der Waals surface area (Å²) >= 11 is 7.32. The summed E-state index contributed by atoms with van der Waals surface area (Å²) in [7, 11) is 1.52. The Morgan fingerprint density at radius 1 is 1.06 bits per heavy atom. The van der Waals surface area contributed by atoms with E-state index in [0.717, 1.165) is 4.70 Å². The van der Waals surface area contributed by atoms with E-state index in [1.54, 1.807) is 54.6 Å². The minimum Gasteiger partial charge on any atom is -0.508 e. The van der Waals surface area contributed by atoms with E-state index in [1.165, 1.54) is 35.5 Å². The zero-order chi connectivity index (χ0) is 24.0. The minimum absolute atomic E-state index is 0.0329. The van der Waals surface area contributed by atoms with Gasteiger partial charge in [0.05, 0.1) is 28.9 Å². The maximum absolute atomic E-state index is 13.2. The summed E-state index contributed by atoms with van der Waals surface area (Å²) in [4.78, 5) is 32.3. The topological polar surface area (TPSA) is 100.0 Å². The van der Waals surface area contributed by atoms with Gasteiger partial charge in [-0.25, -0.2) is 4.98 Å². The van der Waals surface area contributed by atoms with Crippen molar-refractivity contribution in [2.75, 3.05) is 12.0 Å². The Morgan fingerprint density at radius 3 is 2.44 bits per heavy atom. The van der Waals surface area contributed by atoms with Crippen LogP contribution in [-0.4, -0.2) is 34.0 Å². The molecule has 5 rings (SSSR count). The van der Waals surface area contributed by atoms with Gasteiger partial charge in [-0.1, -0.05) is 35.1 Å². The number of phenols is 1. The molecule has 3 aromatic carbocycles. The van der Waals surface area contributed by atoms with Crippen LogP contribution in [0.4, 0.5) is 5.13 Å². The molecular formula is C25H17ClN2O5S. The molecule has 9 heteroatoms. The third-order valence-corrected chi connectivity index (χ3v) is 6.81. The average molecular weight is 493 g/mol. The van der Waals surface area contributed by atoms with Crippen molar-refractivity contribution < 1.29 is 24.5 Å². The van der Waals surface area contributed by atoms with Gasteiger partial charge >= 0.3 is 5.91 Å². The lowest BCUT2D eigenvalue weighted by Crippen LogP contribution is -2.29. The number of methoxy groups -OCH3 is 1. The molecule has 34 heavy (non-hydrogen) atoms. The van der Waals surface area contributed by atoms with E-state index >= 15 is 0 Å². The third kappa shape index (κ3) is 3.67. The van der Waals surface area contributed by atoms with E-state index in [4.69, 9.17) is 16.3 Å². The number of ketones is 1. The van der Waals surface area contributed by atoms with Crippen molar-refractivity contribution in [1.82, 2.24) is 4.98 Å². The number of aromatic hydroxyl groups is 1. The Labute approximate surface area is 203 Å². The van der Waals surface area contributed by atoms with Gasteiger partial charge in [-0.15, -0.1) is 0 Å². The lowest BCUT2D eigenvalue weighted by molar-refractivity contribution is -0.132. The highest BCUT2D eigenvalue weighted by Gasteiger charge is 2.48. The lowest BCUT2D eigenvalue weighted by atomic mass is 9.95. The summed E-state index contributed by atoms with van der Waals surface area (Å²) in [6.07, 6.45) is 0. The number of thiazole rings is 1. The Balaban J connectivity index is 1.71. The molecule has 1 aromatic heterocycles. The molecule has 0 spiro atoms. The molecule has 7 nitrogen and oxygen atoms in total. The van der Waals surface area contributed by atoms with Crippen molar-refractivity contribution in [3.63, 3.8) is 0 Å². The zero-order valence-corrected chi connectivity index (χ0v) is 19.3. The number of carbonyl (C=O) groups excluding carboxylic acids is 2. The largest absolute Gasteiger partial charge is 0.508 e. The highest BCUT2D eigenvalue weighted by molar-refractivity contribution is 7.22. The first-order valence-electron chi connectivity index (χ1n) is 10.2. The highest BCUT2D eigenvalue weighted by atomic mass is 35.5. The number of benzene rings is 3. The van der Waals surface area contributed by atoms with E-state index in [-0.39, 0.29) is 17.1 Å². The Kier molecular flexibility index (Phi) is 5.47. The van der Waals surface area contributed by atoms with Crippen LogP contribution >= 0.6 is 22.9 Å². The molecule has 0 saturated carbocycles. The predicted octanol–water partition coefficient (Wildman–Crippen LogP) is 5.29. The van der Waals surface area contributed by atoms with Crippen LogP contribution in [0.3, 0.4) is 0 Å². The molecule has 1 unspecified atom stereocenters. The van der Waals surface area contributed by atoms with Crippen molar-refractivity contribution in [3.8, 4) is 11.5 Å². The van der Waals surface area contributed by atoms with Crippen LogP contribution in [0.25, 0.3) is 16.0 Å². The monoisotopic (exact) mass is 492 g/mol. The molecule has 0 aliphatic carbocycles. The van der Waals surface area contributed by atoms with Crippen LogP contribution in [0.1, 0.15) is 17.2 Å². The van der Waals surface area contributed by atoms with Crippen molar-refractivity contribution in [3.05, 3.63) is 88.5 Å². The van der Waals surface area contributed by atoms with Crippen LogP contribution in [0.5, 0.6) is 11.5 Å². The van der Waals surface area contributed by atoms with Crippen LogP contribution in [0.2, 0.25) is 5.02 Å². The lowest BCUT2D eigenvalue weighted by Gasteiger charge is -2.23. The van der Waals surface area contributed by atoms with Gasteiger partial charge in [-0.05, 0) is 60.2 Å². The van der Waals surface area contributed by atoms with Crippen molar-refractivity contribution in [1.29, 1.82) is 0 Å². The van der Waals surface area contributed by atoms with Crippen molar-refractivity contribution in [2.24, 2.45) is 0 Å². The molecule has 0 bridgehead atoms. The van der Waals surface area contributed by atoms with Gasteiger partial charge in [-0.3, -0.25) is 14.5 Å². The van der Waals surface area contributed by atoms with Gasteiger partial charge < -0.3 is 14.9 Å². The number of aliphatic hydroxyl groups excluding tert-OH is 1. The van der Waals surface area contributed by atoms with E-state index in [0.29, 0.717) is 32.5 Å². The smallest absolute Gasteiger partial charge is 0.301 e. The zero-order valence-electron chi connectivity index (χ0n) is 17.7.